The van der Waals surface area contributed by atoms with Crippen LogP contribution in [0.4, 0.5) is 10.1 Å². The molecule has 1 aliphatic heterocycles. The highest BCUT2D eigenvalue weighted by Gasteiger charge is 2.17. The number of halogens is 1. The monoisotopic (exact) mass is 256 g/mol. The van der Waals surface area contributed by atoms with Crippen LogP contribution in [0.3, 0.4) is 0 Å². The van der Waals surface area contributed by atoms with Crippen molar-refractivity contribution in [2.75, 3.05) is 12.3 Å². The molecule has 0 unspecified atom stereocenters. The van der Waals surface area contributed by atoms with Gasteiger partial charge in [0.25, 0.3) is 0 Å². The summed E-state index contributed by atoms with van der Waals surface area (Å²) in [5.74, 6) is -0.180. The zero-order chi connectivity index (χ0) is 13.2. The summed E-state index contributed by atoms with van der Waals surface area (Å²) in [4.78, 5) is 2.37. The molecule has 0 saturated carbocycles. The summed E-state index contributed by atoms with van der Waals surface area (Å²) in [6.07, 6.45) is 0.989. The van der Waals surface area contributed by atoms with Crippen molar-refractivity contribution >= 4 is 5.69 Å². The van der Waals surface area contributed by atoms with Crippen molar-refractivity contribution in [1.82, 2.24) is 4.90 Å². The average molecular weight is 256 g/mol. The largest absolute Gasteiger partial charge is 0.398 e. The van der Waals surface area contributed by atoms with E-state index in [1.54, 1.807) is 0 Å². The lowest BCUT2D eigenvalue weighted by Gasteiger charge is -2.29. The van der Waals surface area contributed by atoms with Gasteiger partial charge in [-0.15, -0.1) is 0 Å². The molecular formula is C16H17FN2. The number of hydrogen-bond acceptors (Lipinski definition) is 2. The predicted molar refractivity (Wildman–Crippen MR) is 75.1 cm³/mol. The molecule has 0 fully saturated rings. The van der Waals surface area contributed by atoms with Crippen LogP contribution in [0, 0.1) is 5.82 Å². The van der Waals surface area contributed by atoms with Crippen LogP contribution in [-0.4, -0.2) is 11.4 Å². The van der Waals surface area contributed by atoms with Gasteiger partial charge in [-0.25, -0.2) is 4.39 Å². The lowest BCUT2D eigenvalue weighted by Crippen LogP contribution is -2.30. The van der Waals surface area contributed by atoms with Crippen molar-refractivity contribution in [3.8, 4) is 0 Å². The second-order valence-electron chi connectivity index (χ2n) is 5.07. The van der Waals surface area contributed by atoms with Crippen molar-refractivity contribution in [2.24, 2.45) is 0 Å². The molecule has 2 aromatic rings. The van der Waals surface area contributed by atoms with Gasteiger partial charge in [0.15, 0.2) is 0 Å². The Labute approximate surface area is 112 Å². The SMILES string of the molecule is Nc1cccc2c1CCN(Cc1ccc(F)cc1)C2. The highest BCUT2D eigenvalue weighted by Crippen LogP contribution is 2.24. The van der Waals surface area contributed by atoms with Gasteiger partial charge in [0, 0.05) is 25.3 Å². The van der Waals surface area contributed by atoms with E-state index in [0.29, 0.717) is 0 Å². The first-order valence-electron chi connectivity index (χ1n) is 6.55. The number of anilines is 1. The number of rotatable bonds is 2. The van der Waals surface area contributed by atoms with Crippen molar-refractivity contribution in [3.63, 3.8) is 0 Å². The summed E-state index contributed by atoms with van der Waals surface area (Å²) in [5, 5.41) is 0. The summed E-state index contributed by atoms with van der Waals surface area (Å²) in [5.41, 5.74) is 10.6. The Morgan fingerprint density at radius 3 is 2.68 bits per heavy atom. The Balaban J connectivity index is 1.74. The predicted octanol–water partition coefficient (Wildman–Crippen LogP) is 2.97. The van der Waals surface area contributed by atoms with Gasteiger partial charge in [0.1, 0.15) is 5.82 Å². The van der Waals surface area contributed by atoms with Gasteiger partial charge >= 0.3 is 0 Å². The second-order valence-corrected chi connectivity index (χ2v) is 5.07. The maximum atomic E-state index is 12.9. The van der Waals surface area contributed by atoms with E-state index in [1.165, 1.54) is 23.3 Å². The normalized spacial score (nSPS) is 15.2. The fourth-order valence-electron chi connectivity index (χ4n) is 2.68. The first-order valence-corrected chi connectivity index (χ1v) is 6.55. The van der Waals surface area contributed by atoms with Gasteiger partial charge in [0.05, 0.1) is 0 Å². The molecule has 2 N–H and O–H groups in total. The molecule has 19 heavy (non-hydrogen) atoms. The Hall–Kier alpha value is -1.87. The summed E-state index contributed by atoms with van der Waals surface area (Å²) in [6, 6.07) is 12.9. The van der Waals surface area contributed by atoms with Crippen LogP contribution >= 0.6 is 0 Å². The minimum atomic E-state index is -0.180. The van der Waals surface area contributed by atoms with E-state index >= 15 is 0 Å². The lowest BCUT2D eigenvalue weighted by atomic mass is 9.97. The van der Waals surface area contributed by atoms with Crippen molar-refractivity contribution in [1.29, 1.82) is 0 Å². The highest BCUT2D eigenvalue weighted by atomic mass is 19.1. The fourth-order valence-corrected chi connectivity index (χ4v) is 2.68. The molecule has 3 rings (SSSR count). The van der Waals surface area contributed by atoms with Crippen LogP contribution in [0.15, 0.2) is 42.5 Å². The maximum absolute atomic E-state index is 12.9. The van der Waals surface area contributed by atoms with Gasteiger partial charge in [-0.05, 0) is 41.3 Å². The summed E-state index contributed by atoms with van der Waals surface area (Å²) >= 11 is 0. The quantitative estimate of drug-likeness (QED) is 0.837. The third-order valence-corrected chi connectivity index (χ3v) is 3.70. The standard InChI is InChI=1S/C16H17FN2/c17-14-6-4-12(5-7-14)10-19-9-8-15-13(11-19)2-1-3-16(15)18/h1-7H,8-11,18H2. The summed E-state index contributed by atoms with van der Waals surface area (Å²) in [6.45, 7) is 2.77. The number of nitrogen functional groups attached to an aromatic ring is 1. The molecule has 2 nitrogen and oxygen atoms in total. The lowest BCUT2D eigenvalue weighted by molar-refractivity contribution is 0.246. The average Bonchev–Trinajstić information content (AvgIpc) is 2.42. The van der Waals surface area contributed by atoms with E-state index in [0.717, 1.165) is 37.3 Å². The minimum Gasteiger partial charge on any atom is -0.398 e. The zero-order valence-corrected chi connectivity index (χ0v) is 10.8. The van der Waals surface area contributed by atoms with Gasteiger partial charge < -0.3 is 5.73 Å². The summed E-state index contributed by atoms with van der Waals surface area (Å²) in [7, 11) is 0. The van der Waals surface area contributed by atoms with E-state index < -0.39 is 0 Å². The topological polar surface area (TPSA) is 29.3 Å². The van der Waals surface area contributed by atoms with E-state index in [2.05, 4.69) is 11.0 Å². The first-order chi connectivity index (χ1) is 9.22. The van der Waals surface area contributed by atoms with E-state index in [4.69, 9.17) is 5.73 Å². The molecule has 1 aliphatic rings. The molecule has 0 amide bonds. The Bertz CT molecular complexity index is 578. The third-order valence-electron chi connectivity index (χ3n) is 3.70. The van der Waals surface area contributed by atoms with Crippen LogP contribution < -0.4 is 5.73 Å². The second kappa shape index (κ2) is 5.02. The molecule has 0 radical (unpaired) electrons. The number of fused-ring (bicyclic) bond motifs is 1. The smallest absolute Gasteiger partial charge is 0.123 e. The van der Waals surface area contributed by atoms with Gasteiger partial charge in [-0.2, -0.15) is 0 Å². The summed E-state index contributed by atoms with van der Waals surface area (Å²) < 4.78 is 12.9. The molecule has 98 valence electrons. The number of nitrogens with zero attached hydrogens (tertiary/aromatic N) is 1. The van der Waals surface area contributed by atoms with Crippen LogP contribution in [0.25, 0.3) is 0 Å². The third kappa shape index (κ3) is 2.61. The number of benzene rings is 2. The molecule has 0 saturated heterocycles. The molecule has 0 atom stereocenters. The molecule has 1 heterocycles. The number of nitrogens with two attached hydrogens (primary N) is 1. The van der Waals surface area contributed by atoms with E-state index in [1.807, 2.05) is 24.3 Å². The molecule has 0 aromatic heterocycles. The Morgan fingerprint density at radius 2 is 1.89 bits per heavy atom. The zero-order valence-electron chi connectivity index (χ0n) is 10.8. The molecular weight excluding hydrogens is 239 g/mol. The van der Waals surface area contributed by atoms with Gasteiger partial charge in [-0.3, -0.25) is 4.90 Å². The number of hydrogen-bond donors (Lipinski definition) is 1. The van der Waals surface area contributed by atoms with Crippen molar-refractivity contribution < 1.29 is 4.39 Å². The van der Waals surface area contributed by atoms with Crippen LogP contribution in [0.1, 0.15) is 16.7 Å². The molecule has 0 aliphatic carbocycles. The van der Waals surface area contributed by atoms with Crippen molar-refractivity contribution in [3.05, 3.63) is 65.0 Å². The fraction of sp³-hybridized carbons (Fsp3) is 0.250. The first kappa shape index (κ1) is 12.2. The molecule has 2 aromatic carbocycles. The van der Waals surface area contributed by atoms with Crippen LogP contribution in [0.2, 0.25) is 0 Å². The Kier molecular flexibility index (Phi) is 3.22. The van der Waals surface area contributed by atoms with Crippen LogP contribution in [0.5, 0.6) is 0 Å². The van der Waals surface area contributed by atoms with Gasteiger partial charge in [0.2, 0.25) is 0 Å². The molecule has 3 heteroatoms. The Morgan fingerprint density at radius 1 is 1.11 bits per heavy atom. The van der Waals surface area contributed by atoms with E-state index in [-0.39, 0.29) is 5.82 Å². The van der Waals surface area contributed by atoms with Crippen molar-refractivity contribution in [2.45, 2.75) is 19.5 Å². The highest BCUT2D eigenvalue weighted by molar-refractivity contribution is 5.51. The van der Waals surface area contributed by atoms with Gasteiger partial charge in [-0.1, -0.05) is 24.3 Å². The van der Waals surface area contributed by atoms with E-state index in [9.17, 15) is 4.39 Å². The maximum Gasteiger partial charge on any atom is 0.123 e. The molecule has 0 spiro atoms. The molecule has 0 bridgehead atoms. The minimum absolute atomic E-state index is 0.180. The van der Waals surface area contributed by atoms with Crippen LogP contribution in [-0.2, 0) is 19.5 Å².